The van der Waals surface area contributed by atoms with E-state index in [9.17, 15) is 13.5 Å². The molecule has 2 heterocycles. The Hall–Kier alpha value is -0.590. The fourth-order valence-electron chi connectivity index (χ4n) is 3.64. The van der Waals surface area contributed by atoms with Gasteiger partial charge in [0.25, 0.3) is 0 Å². The number of anilines is 1. The lowest BCUT2D eigenvalue weighted by molar-refractivity contribution is 0.0347. The minimum absolute atomic E-state index is 0.117. The molecule has 2 fully saturated rings. The predicted octanol–water partition coefficient (Wildman–Crippen LogP) is 2.83. The maximum Gasteiger partial charge on any atom is 0.150 e. The Kier molecular flexibility index (Phi) is 4.80. The monoisotopic (exact) mass is 343 g/mol. The van der Waals surface area contributed by atoms with Crippen LogP contribution >= 0.6 is 11.3 Å². The van der Waals surface area contributed by atoms with Crippen LogP contribution in [0.3, 0.4) is 0 Å². The standard InChI is InChI=1S/C16H25NO3S2/c18-16(7-10-22(19,20)11-8-16)13-17(15-6-9-21-12-15)14-4-2-1-3-5-14/h6,9,12,14,18H,1-5,7-8,10-11,13H2. The second-order valence-corrected chi connectivity index (χ2v) is 9.86. The molecule has 1 aliphatic carbocycles. The van der Waals surface area contributed by atoms with Gasteiger partial charge in [0.15, 0.2) is 9.84 Å². The van der Waals surface area contributed by atoms with Crippen molar-refractivity contribution in [1.29, 1.82) is 0 Å². The van der Waals surface area contributed by atoms with Crippen LogP contribution in [0, 0.1) is 0 Å². The molecular weight excluding hydrogens is 318 g/mol. The van der Waals surface area contributed by atoms with E-state index in [1.807, 2.05) is 0 Å². The highest BCUT2D eigenvalue weighted by Gasteiger charge is 2.38. The summed E-state index contributed by atoms with van der Waals surface area (Å²) in [5, 5.41) is 15.1. The van der Waals surface area contributed by atoms with Gasteiger partial charge in [-0.3, -0.25) is 0 Å². The van der Waals surface area contributed by atoms with Crippen molar-refractivity contribution < 1.29 is 13.5 Å². The summed E-state index contributed by atoms with van der Waals surface area (Å²) in [6.07, 6.45) is 6.87. The second-order valence-electron chi connectivity index (χ2n) is 6.78. The molecule has 22 heavy (non-hydrogen) atoms. The smallest absolute Gasteiger partial charge is 0.150 e. The Morgan fingerprint density at radius 3 is 2.50 bits per heavy atom. The molecule has 1 aromatic heterocycles. The van der Waals surface area contributed by atoms with Gasteiger partial charge < -0.3 is 10.0 Å². The highest BCUT2D eigenvalue weighted by Crippen LogP contribution is 2.33. The summed E-state index contributed by atoms with van der Waals surface area (Å²) in [5.41, 5.74) is 0.309. The molecule has 1 saturated carbocycles. The lowest BCUT2D eigenvalue weighted by Gasteiger charge is -2.42. The molecule has 1 saturated heterocycles. The lowest BCUT2D eigenvalue weighted by atomic mass is 9.90. The van der Waals surface area contributed by atoms with Crippen molar-refractivity contribution in [1.82, 2.24) is 0 Å². The molecule has 0 aromatic carbocycles. The van der Waals surface area contributed by atoms with Crippen molar-refractivity contribution in [3.8, 4) is 0 Å². The zero-order chi connectivity index (χ0) is 15.6. The van der Waals surface area contributed by atoms with Crippen LogP contribution in [0.4, 0.5) is 5.69 Å². The van der Waals surface area contributed by atoms with E-state index in [2.05, 4.69) is 21.7 Å². The van der Waals surface area contributed by atoms with Crippen LogP contribution in [-0.4, -0.2) is 43.2 Å². The first-order valence-corrected chi connectivity index (χ1v) is 11.0. The number of sulfone groups is 1. The normalized spacial score (nSPS) is 25.0. The van der Waals surface area contributed by atoms with Crippen molar-refractivity contribution in [3.05, 3.63) is 16.8 Å². The van der Waals surface area contributed by atoms with Crippen molar-refractivity contribution >= 4 is 26.9 Å². The van der Waals surface area contributed by atoms with E-state index in [0.717, 1.165) is 0 Å². The van der Waals surface area contributed by atoms with Crippen molar-refractivity contribution in [2.75, 3.05) is 23.0 Å². The molecule has 3 rings (SSSR count). The van der Waals surface area contributed by atoms with E-state index >= 15 is 0 Å². The van der Waals surface area contributed by atoms with Gasteiger partial charge in [-0.05, 0) is 37.1 Å². The van der Waals surface area contributed by atoms with Crippen LogP contribution in [0.1, 0.15) is 44.9 Å². The molecule has 1 N–H and O–H groups in total. The average molecular weight is 344 g/mol. The minimum atomic E-state index is -2.94. The molecule has 0 radical (unpaired) electrons. The van der Waals surface area contributed by atoms with Gasteiger partial charge in [0.05, 0.1) is 17.1 Å². The van der Waals surface area contributed by atoms with Gasteiger partial charge in [0.2, 0.25) is 0 Å². The summed E-state index contributed by atoms with van der Waals surface area (Å²) in [6.45, 7) is 0.559. The lowest BCUT2D eigenvalue weighted by Crippen LogP contribution is -2.51. The molecule has 1 aromatic rings. The SMILES string of the molecule is O=S1(=O)CCC(O)(CN(c2ccsc2)C2CCCCC2)CC1. The molecule has 124 valence electrons. The van der Waals surface area contributed by atoms with Gasteiger partial charge in [0.1, 0.15) is 0 Å². The molecule has 0 atom stereocenters. The van der Waals surface area contributed by atoms with Gasteiger partial charge >= 0.3 is 0 Å². The van der Waals surface area contributed by atoms with Crippen LogP contribution in [-0.2, 0) is 9.84 Å². The Labute approximate surface area is 137 Å². The number of rotatable bonds is 4. The average Bonchev–Trinajstić information content (AvgIpc) is 3.04. The van der Waals surface area contributed by atoms with Gasteiger partial charge in [-0.25, -0.2) is 8.42 Å². The quantitative estimate of drug-likeness (QED) is 0.913. The Bertz CT molecular complexity index is 563. The maximum absolute atomic E-state index is 11.6. The van der Waals surface area contributed by atoms with E-state index in [1.165, 1.54) is 37.8 Å². The summed E-state index contributed by atoms with van der Waals surface area (Å²) in [5.74, 6) is 0.233. The first-order chi connectivity index (χ1) is 10.5. The van der Waals surface area contributed by atoms with Gasteiger partial charge in [0, 0.05) is 23.7 Å². The molecular formula is C16H25NO3S2. The Morgan fingerprint density at radius 2 is 1.91 bits per heavy atom. The Balaban J connectivity index is 1.75. The largest absolute Gasteiger partial charge is 0.388 e. The fraction of sp³-hybridized carbons (Fsp3) is 0.750. The van der Waals surface area contributed by atoms with E-state index in [4.69, 9.17) is 0 Å². The maximum atomic E-state index is 11.6. The number of thiophene rings is 1. The fourth-order valence-corrected chi connectivity index (χ4v) is 5.87. The topological polar surface area (TPSA) is 57.6 Å². The molecule has 0 amide bonds. The van der Waals surface area contributed by atoms with Gasteiger partial charge in [-0.1, -0.05) is 19.3 Å². The van der Waals surface area contributed by atoms with Crippen LogP contribution < -0.4 is 4.90 Å². The summed E-state index contributed by atoms with van der Waals surface area (Å²) in [6, 6.07) is 2.59. The molecule has 4 nitrogen and oxygen atoms in total. The van der Waals surface area contributed by atoms with E-state index in [1.54, 1.807) is 11.3 Å². The number of hydrogen-bond donors (Lipinski definition) is 1. The first-order valence-electron chi connectivity index (χ1n) is 8.19. The minimum Gasteiger partial charge on any atom is -0.388 e. The van der Waals surface area contributed by atoms with E-state index in [0.29, 0.717) is 25.4 Å². The Morgan fingerprint density at radius 1 is 1.23 bits per heavy atom. The first kappa shape index (κ1) is 16.3. The van der Waals surface area contributed by atoms with Crippen LogP contribution in [0.25, 0.3) is 0 Å². The highest BCUT2D eigenvalue weighted by atomic mass is 32.2. The van der Waals surface area contributed by atoms with E-state index < -0.39 is 15.4 Å². The predicted molar refractivity (Wildman–Crippen MR) is 91.4 cm³/mol. The number of aliphatic hydroxyl groups is 1. The molecule has 0 spiro atoms. The molecule has 1 aliphatic heterocycles. The number of hydrogen-bond acceptors (Lipinski definition) is 5. The van der Waals surface area contributed by atoms with Crippen LogP contribution in [0.15, 0.2) is 16.8 Å². The zero-order valence-electron chi connectivity index (χ0n) is 12.9. The van der Waals surface area contributed by atoms with Crippen LogP contribution in [0.5, 0.6) is 0 Å². The molecule has 0 unspecified atom stereocenters. The summed E-state index contributed by atoms with van der Waals surface area (Å²) in [4.78, 5) is 2.34. The third-order valence-electron chi connectivity index (χ3n) is 5.07. The highest BCUT2D eigenvalue weighted by molar-refractivity contribution is 7.91. The summed E-state index contributed by atoms with van der Waals surface area (Å²) < 4.78 is 23.3. The molecule has 0 bridgehead atoms. The van der Waals surface area contributed by atoms with Crippen molar-refractivity contribution in [2.24, 2.45) is 0 Å². The third kappa shape index (κ3) is 3.84. The third-order valence-corrected chi connectivity index (χ3v) is 7.40. The van der Waals surface area contributed by atoms with Crippen LogP contribution in [0.2, 0.25) is 0 Å². The van der Waals surface area contributed by atoms with Crippen molar-refractivity contribution in [2.45, 2.75) is 56.6 Å². The summed E-state index contributed by atoms with van der Waals surface area (Å²) in [7, 11) is -2.94. The van der Waals surface area contributed by atoms with Gasteiger partial charge in [-0.2, -0.15) is 11.3 Å². The molecule has 2 aliphatic rings. The van der Waals surface area contributed by atoms with Crippen molar-refractivity contribution in [3.63, 3.8) is 0 Å². The van der Waals surface area contributed by atoms with Gasteiger partial charge in [-0.15, -0.1) is 0 Å². The number of nitrogens with zero attached hydrogens (tertiary/aromatic N) is 1. The second kappa shape index (κ2) is 6.49. The van der Waals surface area contributed by atoms with E-state index in [-0.39, 0.29) is 11.5 Å². The zero-order valence-corrected chi connectivity index (χ0v) is 14.5. The summed E-state index contributed by atoms with van der Waals surface area (Å²) >= 11 is 1.67. The molecule has 6 heteroatoms.